The van der Waals surface area contributed by atoms with Gasteiger partial charge in [-0.2, -0.15) is 5.26 Å². The van der Waals surface area contributed by atoms with Crippen molar-refractivity contribution in [1.82, 2.24) is 10.6 Å². The van der Waals surface area contributed by atoms with Crippen molar-refractivity contribution in [3.8, 4) is 6.19 Å². The Morgan fingerprint density at radius 1 is 1.55 bits per heavy atom. The molecule has 0 aromatic heterocycles. The number of benzene rings is 1. The highest BCUT2D eigenvalue weighted by molar-refractivity contribution is 5.96. The van der Waals surface area contributed by atoms with Crippen molar-refractivity contribution in [3.63, 3.8) is 0 Å². The molecule has 1 aromatic carbocycles. The predicted molar refractivity (Wildman–Crippen MR) is 83.7 cm³/mol. The average Bonchev–Trinajstić information content (AvgIpc) is 2.54. The van der Waals surface area contributed by atoms with Gasteiger partial charge in [-0.05, 0) is 50.0 Å². The zero-order chi connectivity index (χ0) is 15.8. The number of piperidine rings is 1. The molecule has 7 heteroatoms. The fourth-order valence-corrected chi connectivity index (χ4v) is 2.33. The summed E-state index contributed by atoms with van der Waals surface area (Å²) in [5.41, 5.74) is 0.751. The maximum Gasteiger partial charge on any atom is 0.335 e. The lowest BCUT2D eigenvalue weighted by Crippen LogP contribution is -2.33. The topological polar surface area (TPSA) is 110 Å². The van der Waals surface area contributed by atoms with Gasteiger partial charge in [0.25, 0.3) is 0 Å². The van der Waals surface area contributed by atoms with Crippen LogP contribution in [0.15, 0.2) is 29.3 Å². The number of aromatic carboxylic acids is 1. The van der Waals surface area contributed by atoms with Crippen LogP contribution in [-0.2, 0) is 0 Å². The van der Waals surface area contributed by atoms with Crippen molar-refractivity contribution >= 4 is 17.6 Å². The van der Waals surface area contributed by atoms with E-state index in [4.69, 9.17) is 10.4 Å². The molecular weight excluding hydrogens is 282 g/mol. The average molecular weight is 301 g/mol. The number of guanidine groups is 1. The van der Waals surface area contributed by atoms with Crippen LogP contribution in [0, 0.1) is 17.4 Å². The van der Waals surface area contributed by atoms with Gasteiger partial charge in [-0.15, -0.1) is 0 Å². The van der Waals surface area contributed by atoms with Gasteiger partial charge < -0.3 is 15.7 Å². The molecule has 22 heavy (non-hydrogen) atoms. The summed E-state index contributed by atoms with van der Waals surface area (Å²) in [4.78, 5) is 15.4. The number of carboxylic acid groups (broad SMARTS) is 1. The van der Waals surface area contributed by atoms with E-state index >= 15 is 0 Å². The Kier molecular flexibility index (Phi) is 5.74. The van der Waals surface area contributed by atoms with Crippen LogP contribution >= 0.6 is 0 Å². The third-order valence-electron chi connectivity index (χ3n) is 3.45. The number of nitriles is 1. The van der Waals surface area contributed by atoms with Crippen LogP contribution in [0.5, 0.6) is 0 Å². The Hall–Kier alpha value is -2.59. The number of nitrogens with one attached hydrogen (secondary N) is 3. The van der Waals surface area contributed by atoms with Crippen LogP contribution in [0.1, 0.15) is 23.2 Å². The summed E-state index contributed by atoms with van der Waals surface area (Å²) in [6.45, 7) is 2.59. The Balaban J connectivity index is 2.02. The molecule has 0 amide bonds. The Labute approximate surface area is 129 Å². The third kappa shape index (κ3) is 4.75. The fraction of sp³-hybridized carbons (Fsp3) is 0.400. The summed E-state index contributed by atoms with van der Waals surface area (Å²) in [5, 5.41) is 26.6. The quantitative estimate of drug-likeness (QED) is 0.288. The van der Waals surface area contributed by atoms with E-state index in [1.54, 1.807) is 12.1 Å². The molecule has 1 atom stereocenters. The Morgan fingerprint density at radius 3 is 3.09 bits per heavy atom. The zero-order valence-electron chi connectivity index (χ0n) is 12.2. The van der Waals surface area contributed by atoms with Crippen LogP contribution in [0.2, 0.25) is 0 Å². The second kappa shape index (κ2) is 8.00. The standard InChI is InChI=1S/C15H19N5O2/c16-10-19-15(18-9-11-3-2-6-17-8-11)20-13-5-1-4-12(7-13)14(21)22/h1,4-5,7,11,17H,2-3,6,8-9H2,(H,21,22)(H2,18,19,20). The number of rotatable bonds is 4. The van der Waals surface area contributed by atoms with E-state index in [0.717, 1.165) is 25.9 Å². The number of carboxylic acids is 1. The summed E-state index contributed by atoms with van der Waals surface area (Å²) in [5.74, 6) is -0.212. The maximum absolute atomic E-state index is 11.0. The van der Waals surface area contributed by atoms with Gasteiger partial charge in [0.15, 0.2) is 6.19 Å². The van der Waals surface area contributed by atoms with Crippen molar-refractivity contribution in [2.75, 3.05) is 25.0 Å². The zero-order valence-corrected chi connectivity index (χ0v) is 12.2. The second-order valence-electron chi connectivity index (χ2n) is 5.15. The minimum Gasteiger partial charge on any atom is -0.478 e. The summed E-state index contributed by atoms with van der Waals surface area (Å²) >= 11 is 0. The van der Waals surface area contributed by atoms with E-state index in [1.165, 1.54) is 12.1 Å². The highest BCUT2D eigenvalue weighted by atomic mass is 16.4. The van der Waals surface area contributed by atoms with E-state index in [2.05, 4.69) is 20.9 Å². The number of hydrogen-bond acceptors (Lipinski definition) is 4. The molecule has 1 unspecified atom stereocenters. The first kappa shape index (κ1) is 15.8. The van der Waals surface area contributed by atoms with Crippen LogP contribution in [0.4, 0.5) is 5.69 Å². The molecule has 1 heterocycles. The van der Waals surface area contributed by atoms with Gasteiger partial charge in [0.05, 0.1) is 5.56 Å². The molecule has 2 rings (SSSR count). The van der Waals surface area contributed by atoms with Crippen molar-refractivity contribution in [2.45, 2.75) is 12.8 Å². The molecule has 1 fully saturated rings. The number of hydrogen-bond donors (Lipinski definition) is 4. The highest BCUT2D eigenvalue weighted by Gasteiger charge is 2.12. The second-order valence-corrected chi connectivity index (χ2v) is 5.15. The van der Waals surface area contributed by atoms with Gasteiger partial charge in [-0.3, -0.25) is 10.3 Å². The molecule has 4 N–H and O–H groups in total. The molecule has 1 aliphatic rings. The molecule has 0 radical (unpaired) electrons. The van der Waals surface area contributed by atoms with Crippen molar-refractivity contribution < 1.29 is 9.90 Å². The Bertz CT molecular complexity index is 588. The van der Waals surface area contributed by atoms with Gasteiger partial charge >= 0.3 is 5.97 Å². The highest BCUT2D eigenvalue weighted by Crippen LogP contribution is 2.12. The van der Waals surface area contributed by atoms with Crippen molar-refractivity contribution in [3.05, 3.63) is 29.8 Å². The SMILES string of the molecule is N#CNC(=NCC1CCCNC1)Nc1cccc(C(=O)O)c1. The summed E-state index contributed by atoms with van der Waals surface area (Å²) in [7, 11) is 0. The lowest BCUT2D eigenvalue weighted by Gasteiger charge is -2.21. The smallest absolute Gasteiger partial charge is 0.335 e. The monoisotopic (exact) mass is 301 g/mol. The molecule has 1 aromatic rings. The number of nitrogens with zero attached hydrogens (tertiary/aromatic N) is 2. The fourth-order valence-electron chi connectivity index (χ4n) is 2.33. The molecule has 0 aliphatic carbocycles. The van der Waals surface area contributed by atoms with Gasteiger partial charge in [0, 0.05) is 12.2 Å². The first-order valence-corrected chi connectivity index (χ1v) is 7.19. The summed E-state index contributed by atoms with van der Waals surface area (Å²) in [6, 6.07) is 6.37. The first-order chi connectivity index (χ1) is 10.7. The number of carbonyl (C=O) groups is 1. The van der Waals surface area contributed by atoms with Gasteiger partial charge in [-0.25, -0.2) is 4.79 Å². The number of anilines is 1. The van der Waals surface area contributed by atoms with Crippen molar-refractivity contribution in [2.24, 2.45) is 10.9 Å². The van der Waals surface area contributed by atoms with Crippen LogP contribution < -0.4 is 16.0 Å². The van der Waals surface area contributed by atoms with Crippen LogP contribution in [0.25, 0.3) is 0 Å². The molecule has 0 bridgehead atoms. The van der Waals surface area contributed by atoms with E-state index in [-0.39, 0.29) is 5.56 Å². The van der Waals surface area contributed by atoms with Crippen LogP contribution in [0.3, 0.4) is 0 Å². The minimum absolute atomic E-state index is 0.179. The normalized spacial score (nSPS) is 18.3. The Morgan fingerprint density at radius 2 is 2.41 bits per heavy atom. The molecule has 116 valence electrons. The molecule has 0 spiro atoms. The summed E-state index contributed by atoms with van der Waals surface area (Å²) in [6.07, 6.45) is 4.09. The van der Waals surface area contributed by atoms with E-state index in [1.807, 2.05) is 6.19 Å². The van der Waals surface area contributed by atoms with Crippen molar-refractivity contribution in [1.29, 1.82) is 5.26 Å². The maximum atomic E-state index is 11.0. The summed E-state index contributed by atoms with van der Waals surface area (Å²) < 4.78 is 0. The lowest BCUT2D eigenvalue weighted by atomic mass is 10.0. The first-order valence-electron chi connectivity index (χ1n) is 7.19. The molecule has 0 saturated carbocycles. The minimum atomic E-state index is -0.997. The lowest BCUT2D eigenvalue weighted by molar-refractivity contribution is 0.0697. The van der Waals surface area contributed by atoms with Gasteiger partial charge in [0.1, 0.15) is 0 Å². The largest absolute Gasteiger partial charge is 0.478 e. The molecule has 1 saturated heterocycles. The van der Waals surface area contributed by atoms with Gasteiger partial charge in [0.2, 0.25) is 5.96 Å². The third-order valence-corrected chi connectivity index (χ3v) is 3.45. The molecular formula is C15H19N5O2. The van der Waals surface area contributed by atoms with Crippen LogP contribution in [-0.4, -0.2) is 36.7 Å². The molecule has 7 nitrogen and oxygen atoms in total. The van der Waals surface area contributed by atoms with E-state index < -0.39 is 5.97 Å². The van der Waals surface area contributed by atoms with E-state index in [0.29, 0.717) is 24.1 Å². The molecule has 1 aliphatic heterocycles. The number of aliphatic imine (C=N–C) groups is 1. The van der Waals surface area contributed by atoms with E-state index in [9.17, 15) is 4.79 Å². The van der Waals surface area contributed by atoms with Gasteiger partial charge in [-0.1, -0.05) is 6.07 Å². The predicted octanol–water partition coefficient (Wildman–Crippen LogP) is 1.22.